The van der Waals surface area contributed by atoms with Crippen LogP contribution in [0.3, 0.4) is 0 Å². The van der Waals surface area contributed by atoms with Crippen molar-refractivity contribution in [2.75, 3.05) is 11.9 Å². The highest BCUT2D eigenvalue weighted by atomic mass is 16.5. The van der Waals surface area contributed by atoms with Gasteiger partial charge in [-0.05, 0) is 36.2 Å². The van der Waals surface area contributed by atoms with E-state index in [-0.39, 0.29) is 5.91 Å². The van der Waals surface area contributed by atoms with Crippen LogP contribution in [0.15, 0.2) is 48.8 Å². The summed E-state index contributed by atoms with van der Waals surface area (Å²) in [5.74, 6) is 0.980. The van der Waals surface area contributed by atoms with Gasteiger partial charge < -0.3 is 10.1 Å². The average molecular weight is 270 g/mol. The van der Waals surface area contributed by atoms with E-state index in [4.69, 9.17) is 4.74 Å². The Bertz CT molecular complexity index is 568. The van der Waals surface area contributed by atoms with Crippen molar-refractivity contribution in [3.05, 3.63) is 54.4 Å². The van der Waals surface area contributed by atoms with Gasteiger partial charge in [0.25, 0.3) is 5.91 Å². The van der Waals surface area contributed by atoms with E-state index in [0.29, 0.717) is 29.5 Å². The molecule has 0 aliphatic heterocycles. The van der Waals surface area contributed by atoms with Crippen LogP contribution in [0, 0.1) is 5.92 Å². The van der Waals surface area contributed by atoms with E-state index in [9.17, 15) is 4.79 Å². The predicted octanol–water partition coefficient (Wildman–Crippen LogP) is 3.37. The Morgan fingerprint density at radius 3 is 2.85 bits per heavy atom. The first-order chi connectivity index (χ1) is 9.65. The monoisotopic (exact) mass is 270 g/mol. The number of carbonyl (C=O) groups excluding carboxylic acids is 1. The Balaban J connectivity index is 2.04. The molecule has 1 amide bonds. The number of rotatable bonds is 5. The normalized spacial score (nSPS) is 10.3. The standard InChI is InChI=1S/C16H18N2O2/c1-12(2)11-20-15-7-3-5-13(9-15)16(19)18-14-6-4-8-17-10-14/h3-10,12H,11H2,1-2H3,(H,18,19). The second-order valence-electron chi connectivity index (χ2n) is 4.93. The van der Waals surface area contributed by atoms with E-state index < -0.39 is 0 Å². The highest BCUT2D eigenvalue weighted by molar-refractivity contribution is 6.04. The Labute approximate surface area is 118 Å². The summed E-state index contributed by atoms with van der Waals surface area (Å²) >= 11 is 0. The van der Waals surface area contributed by atoms with Gasteiger partial charge in [-0.1, -0.05) is 19.9 Å². The number of hydrogen-bond acceptors (Lipinski definition) is 3. The molecule has 0 radical (unpaired) electrons. The van der Waals surface area contributed by atoms with Gasteiger partial charge in [0.05, 0.1) is 18.5 Å². The molecule has 2 aromatic rings. The number of carbonyl (C=O) groups is 1. The molecule has 0 fully saturated rings. The lowest BCUT2D eigenvalue weighted by Gasteiger charge is -2.10. The van der Waals surface area contributed by atoms with Crippen molar-refractivity contribution in [1.29, 1.82) is 0 Å². The molecule has 20 heavy (non-hydrogen) atoms. The molecule has 0 aliphatic carbocycles. The summed E-state index contributed by atoms with van der Waals surface area (Å²) in [7, 11) is 0. The smallest absolute Gasteiger partial charge is 0.255 e. The third-order valence-electron chi connectivity index (χ3n) is 2.60. The van der Waals surface area contributed by atoms with Crippen molar-refractivity contribution in [1.82, 2.24) is 4.98 Å². The lowest BCUT2D eigenvalue weighted by molar-refractivity contribution is 0.102. The van der Waals surface area contributed by atoms with Gasteiger partial charge in [-0.15, -0.1) is 0 Å². The number of hydrogen-bond donors (Lipinski definition) is 1. The Hall–Kier alpha value is -2.36. The largest absolute Gasteiger partial charge is 0.493 e. The van der Waals surface area contributed by atoms with E-state index in [0.717, 1.165) is 0 Å². The van der Waals surface area contributed by atoms with Crippen molar-refractivity contribution in [3.8, 4) is 5.75 Å². The molecule has 0 atom stereocenters. The van der Waals surface area contributed by atoms with Crippen LogP contribution in [0.2, 0.25) is 0 Å². The van der Waals surface area contributed by atoms with Gasteiger partial charge in [-0.3, -0.25) is 9.78 Å². The van der Waals surface area contributed by atoms with Gasteiger partial charge in [0.2, 0.25) is 0 Å². The highest BCUT2D eigenvalue weighted by Crippen LogP contribution is 2.15. The molecule has 0 unspecified atom stereocenters. The van der Waals surface area contributed by atoms with Crippen LogP contribution in [-0.4, -0.2) is 17.5 Å². The van der Waals surface area contributed by atoms with Crippen LogP contribution in [0.25, 0.3) is 0 Å². The minimum absolute atomic E-state index is 0.173. The van der Waals surface area contributed by atoms with Crippen molar-refractivity contribution in [2.45, 2.75) is 13.8 Å². The molecule has 4 heteroatoms. The number of pyridine rings is 1. The topological polar surface area (TPSA) is 51.2 Å². The van der Waals surface area contributed by atoms with E-state index in [1.165, 1.54) is 0 Å². The van der Waals surface area contributed by atoms with Crippen molar-refractivity contribution in [3.63, 3.8) is 0 Å². The molecule has 1 aromatic heterocycles. The summed E-state index contributed by atoms with van der Waals surface area (Å²) < 4.78 is 5.62. The summed E-state index contributed by atoms with van der Waals surface area (Å²) in [5.41, 5.74) is 1.24. The first-order valence-electron chi connectivity index (χ1n) is 6.59. The van der Waals surface area contributed by atoms with Crippen LogP contribution < -0.4 is 10.1 Å². The van der Waals surface area contributed by atoms with E-state index >= 15 is 0 Å². The predicted molar refractivity (Wildman–Crippen MR) is 79.0 cm³/mol. The molecule has 1 N–H and O–H groups in total. The number of nitrogens with zero attached hydrogens (tertiary/aromatic N) is 1. The minimum Gasteiger partial charge on any atom is -0.493 e. The molecule has 104 valence electrons. The Morgan fingerprint density at radius 1 is 1.30 bits per heavy atom. The number of anilines is 1. The fourth-order valence-electron chi connectivity index (χ4n) is 1.63. The molecule has 0 spiro atoms. The van der Waals surface area contributed by atoms with E-state index in [1.807, 2.05) is 12.1 Å². The molecular weight excluding hydrogens is 252 g/mol. The zero-order valence-electron chi connectivity index (χ0n) is 11.7. The maximum absolute atomic E-state index is 12.1. The molecule has 0 bridgehead atoms. The number of nitrogens with one attached hydrogen (secondary N) is 1. The summed E-state index contributed by atoms with van der Waals surface area (Å²) in [4.78, 5) is 16.1. The maximum atomic E-state index is 12.1. The average Bonchev–Trinajstić information content (AvgIpc) is 2.46. The SMILES string of the molecule is CC(C)COc1cccc(C(=O)Nc2cccnc2)c1. The quantitative estimate of drug-likeness (QED) is 0.906. The number of ether oxygens (including phenoxy) is 1. The summed E-state index contributed by atoms with van der Waals surface area (Å²) in [6.45, 7) is 4.80. The minimum atomic E-state index is -0.173. The molecule has 2 rings (SSSR count). The fraction of sp³-hybridized carbons (Fsp3) is 0.250. The van der Waals surface area contributed by atoms with Gasteiger partial charge in [-0.2, -0.15) is 0 Å². The zero-order chi connectivity index (χ0) is 14.4. The Kier molecular flexibility index (Phi) is 4.71. The van der Waals surface area contributed by atoms with Gasteiger partial charge >= 0.3 is 0 Å². The fourth-order valence-corrected chi connectivity index (χ4v) is 1.63. The van der Waals surface area contributed by atoms with E-state index in [2.05, 4.69) is 24.1 Å². The Morgan fingerprint density at radius 2 is 2.15 bits per heavy atom. The van der Waals surface area contributed by atoms with Gasteiger partial charge in [-0.25, -0.2) is 0 Å². The number of benzene rings is 1. The number of aromatic nitrogens is 1. The molecule has 0 saturated carbocycles. The molecular formula is C16H18N2O2. The van der Waals surface area contributed by atoms with Crippen molar-refractivity contribution >= 4 is 11.6 Å². The van der Waals surface area contributed by atoms with Crippen LogP contribution >= 0.6 is 0 Å². The molecule has 4 nitrogen and oxygen atoms in total. The van der Waals surface area contributed by atoms with Gasteiger partial charge in [0.15, 0.2) is 0 Å². The molecule has 0 saturated heterocycles. The van der Waals surface area contributed by atoms with Crippen molar-refractivity contribution in [2.24, 2.45) is 5.92 Å². The maximum Gasteiger partial charge on any atom is 0.255 e. The lowest BCUT2D eigenvalue weighted by Crippen LogP contribution is -2.12. The van der Waals surface area contributed by atoms with Crippen LogP contribution in [0.1, 0.15) is 24.2 Å². The first kappa shape index (κ1) is 14.1. The first-order valence-corrected chi connectivity index (χ1v) is 6.59. The highest BCUT2D eigenvalue weighted by Gasteiger charge is 2.07. The summed E-state index contributed by atoms with van der Waals surface area (Å²) in [6.07, 6.45) is 3.27. The van der Waals surface area contributed by atoms with Gasteiger partial charge in [0.1, 0.15) is 5.75 Å². The summed E-state index contributed by atoms with van der Waals surface area (Å²) in [6, 6.07) is 10.7. The third kappa shape index (κ3) is 4.09. The van der Waals surface area contributed by atoms with E-state index in [1.54, 1.807) is 36.7 Å². The lowest BCUT2D eigenvalue weighted by atomic mass is 10.2. The molecule has 1 heterocycles. The van der Waals surface area contributed by atoms with Crippen LogP contribution in [0.4, 0.5) is 5.69 Å². The number of amides is 1. The molecule has 0 aliphatic rings. The zero-order valence-corrected chi connectivity index (χ0v) is 11.7. The van der Waals surface area contributed by atoms with Crippen LogP contribution in [0.5, 0.6) is 5.75 Å². The molecule has 1 aromatic carbocycles. The second kappa shape index (κ2) is 6.70. The van der Waals surface area contributed by atoms with Crippen LogP contribution in [-0.2, 0) is 0 Å². The third-order valence-corrected chi connectivity index (χ3v) is 2.60. The van der Waals surface area contributed by atoms with Crippen molar-refractivity contribution < 1.29 is 9.53 Å². The summed E-state index contributed by atoms with van der Waals surface area (Å²) in [5, 5.41) is 2.79. The van der Waals surface area contributed by atoms with Gasteiger partial charge in [0, 0.05) is 11.8 Å². The second-order valence-corrected chi connectivity index (χ2v) is 4.93.